The predicted octanol–water partition coefficient (Wildman–Crippen LogP) is 2.55. The summed E-state index contributed by atoms with van der Waals surface area (Å²) in [7, 11) is 0. The van der Waals surface area contributed by atoms with E-state index in [0.717, 1.165) is 5.56 Å². The van der Waals surface area contributed by atoms with E-state index in [1.807, 2.05) is 30.3 Å². The first-order chi connectivity index (χ1) is 10.1. The molecule has 2 aromatic carbocycles. The number of carbonyl (C=O) groups excluding carboxylic acids is 1. The standard InChI is InChI=1S/C16H14ClN3O/c17-12-8-6-10(7-9-12)13-14(20-16(18)19-13)15(21)11-4-2-1-3-5-11/h1-9,13-14H,(H3,18,19,20)/t13-,14-/m1/s1. The van der Waals surface area contributed by atoms with Crippen LogP contribution in [-0.4, -0.2) is 17.8 Å². The number of hydrogen-bond donors (Lipinski definition) is 2. The molecular weight excluding hydrogens is 286 g/mol. The van der Waals surface area contributed by atoms with Gasteiger partial charge >= 0.3 is 0 Å². The third-order valence-electron chi connectivity index (χ3n) is 3.45. The number of Topliss-reactive ketones (excluding diaryl/α,β-unsaturated/α-hetero) is 1. The van der Waals surface area contributed by atoms with Crippen LogP contribution >= 0.6 is 11.6 Å². The highest BCUT2D eigenvalue weighted by atomic mass is 35.5. The fourth-order valence-electron chi connectivity index (χ4n) is 2.42. The monoisotopic (exact) mass is 299 g/mol. The smallest absolute Gasteiger partial charge is 0.189 e. The van der Waals surface area contributed by atoms with Gasteiger partial charge in [-0.15, -0.1) is 0 Å². The molecule has 1 heterocycles. The van der Waals surface area contributed by atoms with Crippen molar-refractivity contribution in [3.63, 3.8) is 0 Å². The van der Waals surface area contributed by atoms with E-state index >= 15 is 0 Å². The highest BCUT2D eigenvalue weighted by molar-refractivity contribution is 6.30. The zero-order valence-electron chi connectivity index (χ0n) is 11.2. The van der Waals surface area contributed by atoms with Crippen LogP contribution in [0.5, 0.6) is 0 Å². The lowest BCUT2D eigenvalue weighted by Gasteiger charge is -2.17. The summed E-state index contributed by atoms with van der Waals surface area (Å²) in [4.78, 5) is 17.0. The number of nitrogens with two attached hydrogens (primary N) is 1. The lowest BCUT2D eigenvalue weighted by molar-refractivity contribution is 0.0945. The molecule has 0 unspecified atom stereocenters. The summed E-state index contributed by atoms with van der Waals surface area (Å²) in [5.74, 6) is 0.254. The number of halogens is 1. The molecule has 0 saturated carbocycles. The van der Waals surface area contributed by atoms with Crippen molar-refractivity contribution in [1.82, 2.24) is 5.32 Å². The maximum Gasteiger partial charge on any atom is 0.189 e. The molecule has 2 aromatic rings. The van der Waals surface area contributed by atoms with E-state index in [1.165, 1.54) is 0 Å². The minimum absolute atomic E-state index is 0.0280. The highest BCUT2D eigenvalue weighted by Gasteiger charge is 2.34. The van der Waals surface area contributed by atoms with Crippen LogP contribution in [0.25, 0.3) is 0 Å². The van der Waals surface area contributed by atoms with Gasteiger partial charge in [0.25, 0.3) is 0 Å². The van der Waals surface area contributed by atoms with Crippen molar-refractivity contribution in [3.05, 3.63) is 70.7 Å². The van der Waals surface area contributed by atoms with Crippen LogP contribution in [0.3, 0.4) is 0 Å². The van der Waals surface area contributed by atoms with Crippen molar-refractivity contribution in [2.24, 2.45) is 10.7 Å². The molecule has 0 spiro atoms. The normalized spacial score (nSPS) is 20.7. The molecule has 3 N–H and O–H groups in total. The number of carbonyl (C=O) groups is 1. The van der Waals surface area contributed by atoms with E-state index in [0.29, 0.717) is 10.6 Å². The number of aliphatic imine (C=N–C) groups is 1. The van der Waals surface area contributed by atoms with Crippen LogP contribution in [0.15, 0.2) is 59.6 Å². The van der Waals surface area contributed by atoms with Gasteiger partial charge < -0.3 is 11.1 Å². The fourth-order valence-corrected chi connectivity index (χ4v) is 2.54. The number of rotatable bonds is 3. The lowest BCUT2D eigenvalue weighted by Crippen LogP contribution is -2.41. The van der Waals surface area contributed by atoms with Gasteiger partial charge in [-0.25, -0.2) is 4.99 Å². The van der Waals surface area contributed by atoms with E-state index in [4.69, 9.17) is 17.3 Å². The number of hydrogen-bond acceptors (Lipinski definition) is 4. The molecule has 0 bridgehead atoms. The Bertz CT molecular complexity index is 682. The van der Waals surface area contributed by atoms with E-state index < -0.39 is 6.04 Å². The number of ketones is 1. The van der Waals surface area contributed by atoms with Gasteiger partial charge in [-0.1, -0.05) is 54.1 Å². The Balaban J connectivity index is 1.91. The highest BCUT2D eigenvalue weighted by Crippen LogP contribution is 2.28. The first kappa shape index (κ1) is 13.6. The second-order valence-electron chi connectivity index (χ2n) is 4.86. The Hall–Kier alpha value is -2.33. The molecule has 21 heavy (non-hydrogen) atoms. The maximum absolute atomic E-state index is 12.6. The van der Waals surface area contributed by atoms with Gasteiger partial charge in [0.1, 0.15) is 12.1 Å². The van der Waals surface area contributed by atoms with E-state index in [-0.39, 0.29) is 17.8 Å². The summed E-state index contributed by atoms with van der Waals surface area (Å²) in [6.45, 7) is 0. The quantitative estimate of drug-likeness (QED) is 0.856. The Morgan fingerprint density at radius 2 is 1.76 bits per heavy atom. The minimum atomic E-state index is -0.492. The van der Waals surface area contributed by atoms with Crippen molar-refractivity contribution in [2.45, 2.75) is 12.1 Å². The molecule has 2 atom stereocenters. The van der Waals surface area contributed by atoms with Gasteiger partial charge in [0.15, 0.2) is 11.7 Å². The SMILES string of the molecule is NC1=N[C@H](c2ccc(Cl)cc2)[C@H](C(=O)c2ccccc2)N1. The molecule has 1 aliphatic heterocycles. The second-order valence-corrected chi connectivity index (χ2v) is 5.30. The van der Waals surface area contributed by atoms with Crippen molar-refractivity contribution in [3.8, 4) is 0 Å². The summed E-state index contributed by atoms with van der Waals surface area (Å²) in [5, 5.41) is 3.61. The van der Waals surface area contributed by atoms with Crippen LogP contribution in [0.2, 0.25) is 5.02 Å². The van der Waals surface area contributed by atoms with Crippen LogP contribution in [0.4, 0.5) is 0 Å². The van der Waals surface area contributed by atoms with Crippen LogP contribution in [0.1, 0.15) is 22.0 Å². The van der Waals surface area contributed by atoms with Gasteiger partial charge in [0.05, 0.1) is 0 Å². The molecule has 0 amide bonds. The Morgan fingerprint density at radius 1 is 1.10 bits per heavy atom. The molecule has 0 aromatic heterocycles. The molecule has 5 heteroatoms. The van der Waals surface area contributed by atoms with E-state index in [1.54, 1.807) is 24.3 Å². The molecule has 0 radical (unpaired) electrons. The Labute approximate surface area is 127 Å². The number of nitrogens with one attached hydrogen (secondary N) is 1. The van der Waals surface area contributed by atoms with Gasteiger partial charge in [-0.05, 0) is 17.7 Å². The summed E-state index contributed by atoms with van der Waals surface area (Å²) >= 11 is 5.90. The average molecular weight is 300 g/mol. The van der Waals surface area contributed by atoms with Gasteiger partial charge in [0.2, 0.25) is 0 Å². The molecule has 0 fully saturated rings. The summed E-state index contributed by atoms with van der Waals surface area (Å²) < 4.78 is 0. The van der Waals surface area contributed by atoms with Crippen molar-refractivity contribution in [2.75, 3.05) is 0 Å². The minimum Gasteiger partial charge on any atom is -0.370 e. The van der Waals surface area contributed by atoms with Gasteiger partial charge in [-0.3, -0.25) is 4.79 Å². The van der Waals surface area contributed by atoms with Gasteiger partial charge in [0, 0.05) is 10.6 Å². The Kier molecular flexibility index (Phi) is 3.62. The average Bonchev–Trinajstić information content (AvgIpc) is 2.90. The zero-order chi connectivity index (χ0) is 14.8. The van der Waals surface area contributed by atoms with Crippen LogP contribution < -0.4 is 11.1 Å². The molecule has 1 aliphatic rings. The zero-order valence-corrected chi connectivity index (χ0v) is 11.9. The number of nitrogens with zero attached hydrogens (tertiary/aromatic N) is 1. The van der Waals surface area contributed by atoms with Crippen LogP contribution in [-0.2, 0) is 0 Å². The van der Waals surface area contributed by atoms with E-state index in [2.05, 4.69) is 10.3 Å². The topological polar surface area (TPSA) is 67.5 Å². The van der Waals surface area contributed by atoms with Crippen molar-refractivity contribution >= 4 is 23.3 Å². The predicted molar refractivity (Wildman–Crippen MR) is 83.5 cm³/mol. The largest absolute Gasteiger partial charge is 0.370 e. The maximum atomic E-state index is 12.6. The summed E-state index contributed by atoms with van der Waals surface area (Å²) in [6, 6.07) is 15.6. The van der Waals surface area contributed by atoms with Crippen molar-refractivity contribution in [1.29, 1.82) is 0 Å². The lowest BCUT2D eigenvalue weighted by atomic mass is 9.94. The third kappa shape index (κ3) is 2.76. The number of guanidine groups is 1. The van der Waals surface area contributed by atoms with Crippen molar-refractivity contribution < 1.29 is 4.79 Å². The first-order valence-electron chi connectivity index (χ1n) is 6.59. The molecular formula is C16H14ClN3O. The third-order valence-corrected chi connectivity index (χ3v) is 3.70. The number of benzene rings is 2. The van der Waals surface area contributed by atoms with E-state index in [9.17, 15) is 4.79 Å². The molecule has 0 aliphatic carbocycles. The fraction of sp³-hybridized carbons (Fsp3) is 0.125. The second kappa shape index (κ2) is 5.58. The van der Waals surface area contributed by atoms with Crippen LogP contribution in [0, 0.1) is 0 Å². The molecule has 0 saturated heterocycles. The molecule has 3 rings (SSSR count). The molecule has 106 valence electrons. The first-order valence-corrected chi connectivity index (χ1v) is 6.97. The Morgan fingerprint density at radius 3 is 2.43 bits per heavy atom. The molecule has 4 nitrogen and oxygen atoms in total. The summed E-state index contributed by atoms with van der Waals surface area (Å²) in [5.41, 5.74) is 7.30. The van der Waals surface area contributed by atoms with Gasteiger partial charge in [-0.2, -0.15) is 0 Å². The summed E-state index contributed by atoms with van der Waals surface area (Å²) in [6.07, 6.45) is 0.